The number of carboxylic acids is 1. The molecule has 3 rings (SSSR count). The zero-order valence-corrected chi connectivity index (χ0v) is 10.9. The van der Waals surface area contributed by atoms with E-state index in [9.17, 15) is 4.79 Å². The van der Waals surface area contributed by atoms with Gasteiger partial charge in [-0.2, -0.15) is 0 Å². The number of aromatic carboxylic acids is 1. The summed E-state index contributed by atoms with van der Waals surface area (Å²) in [6.07, 6.45) is 8.33. The van der Waals surface area contributed by atoms with Crippen molar-refractivity contribution >= 4 is 12.0 Å². The van der Waals surface area contributed by atoms with Gasteiger partial charge < -0.3 is 14.9 Å². The first-order valence-electron chi connectivity index (χ1n) is 6.85. The van der Waals surface area contributed by atoms with Crippen LogP contribution in [0.1, 0.15) is 48.0 Å². The van der Waals surface area contributed by atoms with Crippen LogP contribution in [-0.4, -0.2) is 28.3 Å². The average Bonchev–Trinajstić information content (AvgIpc) is 3.09. The highest BCUT2D eigenvalue weighted by Crippen LogP contribution is 2.34. The van der Waals surface area contributed by atoms with Gasteiger partial charge in [-0.1, -0.05) is 18.2 Å². The van der Waals surface area contributed by atoms with Gasteiger partial charge in [0, 0.05) is 17.6 Å². The number of rotatable bonds is 4. The number of aromatic nitrogens is 1. The van der Waals surface area contributed by atoms with Gasteiger partial charge in [-0.25, -0.2) is 4.79 Å². The molecule has 0 aromatic carbocycles. The van der Waals surface area contributed by atoms with E-state index in [0.29, 0.717) is 35.7 Å². The van der Waals surface area contributed by atoms with Crippen molar-refractivity contribution < 1.29 is 14.4 Å². The molecule has 1 aromatic rings. The van der Waals surface area contributed by atoms with E-state index >= 15 is 0 Å². The van der Waals surface area contributed by atoms with Crippen LogP contribution in [0.15, 0.2) is 10.6 Å². The predicted octanol–water partition coefficient (Wildman–Crippen LogP) is 2.09. The van der Waals surface area contributed by atoms with E-state index in [2.05, 4.69) is 16.5 Å². The zero-order valence-electron chi connectivity index (χ0n) is 10.9. The van der Waals surface area contributed by atoms with Crippen molar-refractivity contribution in [3.05, 3.63) is 23.1 Å². The lowest BCUT2D eigenvalue weighted by atomic mass is 9.89. The molecule has 0 saturated carbocycles. The Hall–Kier alpha value is -1.62. The first-order chi connectivity index (χ1) is 9.19. The highest BCUT2D eigenvalue weighted by Gasteiger charge is 2.37. The minimum Gasteiger partial charge on any atom is -0.476 e. The minimum atomic E-state index is -1.03. The van der Waals surface area contributed by atoms with E-state index in [0.717, 1.165) is 0 Å². The Bertz CT molecular complexity index is 521. The molecule has 2 aliphatic rings. The van der Waals surface area contributed by atoms with Gasteiger partial charge in [0.05, 0.1) is 0 Å². The van der Waals surface area contributed by atoms with Gasteiger partial charge in [0.15, 0.2) is 11.5 Å². The molecule has 1 aromatic heterocycles. The van der Waals surface area contributed by atoms with E-state index in [1.165, 1.54) is 19.3 Å². The Morgan fingerprint density at radius 3 is 3.00 bits per heavy atom. The molecule has 2 aliphatic heterocycles. The average molecular weight is 262 g/mol. The van der Waals surface area contributed by atoms with E-state index in [1.807, 2.05) is 13.0 Å². The second-order valence-corrected chi connectivity index (χ2v) is 5.34. The molecule has 2 saturated heterocycles. The molecule has 0 spiro atoms. The number of nitrogens with zero attached hydrogens (tertiary/aromatic N) is 1. The summed E-state index contributed by atoms with van der Waals surface area (Å²) in [5, 5.41) is 16.2. The number of hydrogen-bond donors (Lipinski definition) is 2. The van der Waals surface area contributed by atoms with Gasteiger partial charge in [-0.05, 0) is 37.7 Å². The van der Waals surface area contributed by atoms with E-state index in [1.54, 1.807) is 0 Å². The molecule has 2 bridgehead atoms. The molecule has 0 amide bonds. The molecule has 3 atom stereocenters. The number of carbonyl (C=O) groups is 1. The van der Waals surface area contributed by atoms with Crippen molar-refractivity contribution in [2.24, 2.45) is 5.92 Å². The Balaban J connectivity index is 1.78. The standard InChI is InChI=1S/C14H18N2O3/c1-2-10-12(19-16-13(10)14(17)18)6-3-8-7-9-4-5-11(8)15-9/h3,6,8-9,11,15H,2,4-5,7H2,1H3,(H,17,18)/b6-3-. The topological polar surface area (TPSA) is 75.4 Å². The summed E-state index contributed by atoms with van der Waals surface area (Å²) in [6.45, 7) is 1.91. The second kappa shape index (κ2) is 4.81. The van der Waals surface area contributed by atoms with Gasteiger partial charge >= 0.3 is 5.97 Å². The van der Waals surface area contributed by atoms with Crippen LogP contribution in [-0.2, 0) is 6.42 Å². The number of fused-ring (bicyclic) bond motifs is 2. The van der Waals surface area contributed by atoms with Crippen LogP contribution in [0, 0.1) is 5.92 Å². The molecule has 3 unspecified atom stereocenters. The lowest BCUT2D eigenvalue weighted by molar-refractivity contribution is 0.0684. The van der Waals surface area contributed by atoms with Crippen LogP contribution in [0.25, 0.3) is 6.08 Å². The summed E-state index contributed by atoms with van der Waals surface area (Å²) in [7, 11) is 0. The fraction of sp³-hybridized carbons (Fsp3) is 0.571. The Morgan fingerprint density at radius 2 is 2.42 bits per heavy atom. The maximum Gasteiger partial charge on any atom is 0.358 e. The van der Waals surface area contributed by atoms with Gasteiger partial charge in [-0.15, -0.1) is 0 Å². The van der Waals surface area contributed by atoms with Gasteiger partial charge in [-0.3, -0.25) is 0 Å². The maximum atomic E-state index is 11.0. The predicted molar refractivity (Wildman–Crippen MR) is 69.9 cm³/mol. The first kappa shape index (κ1) is 12.4. The summed E-state index contributed by atoms with van der Waals surface area (Å²) >= 11 is 0. The van der Waals surface area contributed by atoms with Crippen LogP contribution in [0.4, 0.5) is 0 Å². The largest absolute Gasteiger partial charge is 0.476 e. The van der Waals surface area contributed by atoms with Crippen molar-refractivity contribution in [1.29, 1.82) is 0 Å². The summed E-state index contributed by atoms with van der Waals surface area (Å²) in [5.41, 5.74) is 0.716. The number of carboxylic acid groups (broad SMARTS) is 1. The fourth-order valence-electron chi connectivity index (χ4n) is 3.25. The normalized spacial score (nSPS) is 29.4. The Labute approximate surface area is 111 Å². The fourth-order valence-corrected chi connectivity index (χ4v) is 3.25. The van der Waals surface area contributed by atoms with Crippen LogP contribution < -0.4 is 5.32 Å². The van der Waals surface area contributed by atoms with Crippen LogP contribution in [0.5, 0.6) is 0 Å². The molecule has 102 valence electrons. The van der Waals surface area contributed by atoms with Crippen molar-refractivity contribution in [2.45, 2.75) is 44.7 Å². The van der Waals surface area contributed by atoms with Crippen LogP contribution in [0.3, 0.4) is 0 Å². The molecular weight excluding hydrogens is 244 g/mol. The van der Waals surface area contributed by atoms with Crippen LogP contribution in [0.2, 0.25) is 0 Å². The zero-order chi connectivity index (χ0) is 13.4. The molecule has 2 fully saturated rings. The van der Waals surface area contributed by atoms with Crippen molar-refractivity contribution in [3.8, 4) is 0 Å². The lowest BCUT2D eigenvalue weighted by Crippen LogP contribution is -2.21. The summed E-state index contributed by atoms with van der Waals surface area (Å²) in [4.78, 5) is 11.0. The smallest absolute Gasteiger partial charge is 0.358 e. The highest BCUT2D eigenvalue weighted by molar-refractivity contribution is 5.87. The molecule has 5 heteroatoms. The minimum absolute atomic E-state index is 0.0354. The highest BCUT2D eigenvalue weighted by atomic mass is 16.5. The van der Waals surface area contributed by atoms with Crippen molar-refractivity contribution in [1.82, 2.24) is 10.5 Å². The van der Waals surface area contributed by atoms with E-state index in [4.69, 9.17) is 9.63 Å². The molecule has 0 radical (unpaired) electrons. The van der Waals surface area contributed by atoms with Crippen molar-refractivity contribution in [2.75, 3.05) is 0 Å². The maximum absolute atomic E-state index is 11.0. The van der Waals surface area contributed by atoms with E-state index < -0.39 is 5.97 Å². The third-order valence-electron chi connectivity index (χ3n) is 4.22. The third-order valence-corrected chi connectivity index (χ3v) is 4.22. The molecule has 19 heavy (non-hydrogen) atoms. The van der Waals surface area contributed by atoms with Crippen LogP contribution >= 0.6 is 0 Å². The number of nitrogens with one attached hydrogen (secondary N) is 1. The van der Waals surface area contributed by atoms with Gasteiger partial charge in [0.1, 0.15) is 0 Å². The molecule has 5 nitrogen and oxygen atoms in total. The van der Waals surface area contributed by atoms with Crippen molar-refractivity contribution in [3.63, 3.8) is 0 Å². The molecule has 0 aliphatic carbocycles. The third kappa shape index (κ3) is 2.18. The Morgan fingerprint density at radius 1 is 1.58 bits per heavy atom. The Kier molecular flexibility index (Phi) is 3.14. The summed E-state index contributed by atoms with van der Waals surface area (Å²) < 4.78 is 5.15. The monoisotopic (exact) mass is 262 g/mol. The quantitative estimate of drug-likeness (QED) is 0.869. The lowest BCUT2D eigenvalue weighted by Gasteiger charge is -2.15. The summed E-state index contributed by atoms with van der Waals surface area (Å²) in [6, 6.07) is 1.24. The molecule has 2 N–H and O–H groups in total. The van der Waals surface area contributed by atoms with Gasteiger partial charge in [0.25, 0.3) is 0 Å². The molecule has 3 heterocycles. The second-order valence-electron chi connectivity index (χ2n) is 5.34. The SMILES string of the molecule is CCc1c(C(=O)O)noc1/C=C\C1CC2CCC1N2. The first-order valence-corrected chi connectivity index (χ1v) is 6.85. The number of hydrogen-bond acceptors (Lipinski definition) is 4. The summed E-state index contributed by atoms with van der Waals surface area (Å²) in [5.74, 6) is 0.0892. The van der Waals surface area contributed by atoms with Gasteiger partial charge in [0.2, 0.25) is 0 Å². The van der Waals surface area contributed by atoms with E-state index in [-0.39, 0.29) is 5.69 Å². The molecular formula is C14H18N2O3.